The van der Waals surface area contributed by atoms with Crippen molar-refractivity contribution >= 4 is 5.97 Å². The van der Waals surface area contributed by atoms with Gasteiger partial charge in [-0.05, 0) is 24.6 Å². The number of nitrogens with two attached hydrogens (primary N) is 1. The number of benzene rings is 1. The Morgan fingerprint density at radius 3 is 2.57 bits per heavy atom. The first-order valence-electron chi connectivity index (χ1n) is 6.87. The number of ether oxygens (including phenoxy) is 3. The van der Waals surface area contributed by atoms with E-state index in [0.717, 1.165) is 11.3 Å². The second kappa shape index (κ2) is 9.15. The SMILES string of the molecule is C=C[C@H](COCc1ccc(OC)cc1)[C@H](N)C(=O)OCC. The number of hydrogen-bond acceptors (Lipinski definition) is 5. The molecule has 5 heteroatoms. The van der Waals surface area contributed by atoms with E-state index < -0.39 is 12.0 Å². The molecule has 0 aliphatic carbocycles. The average Bonchev–Trinajstić information content (AvgIpc) is 2.52. The van der Waals surface area contributed by atoms with Crippen molar-refractivity contribution in [1.29, 1.82) is 0 Å². The minimum atomic E-state index is -0.752. The monoisotopic (exact) mass is 293 g/mol. The lowest BCUT2D eigenvalue weighted by Crippen LogP contribution is -2.40. The summed E-state index contributed by atoms with van der Waals surface area (Å²) >= 11 is 0. The maximum atomic E-state index is 11.6. The fourth-order valence-corrected chi connectivity index (χ4v) is 1.77. The molecule has 5 nitrogen and oxygen atoms in total. The molecule has 0 aliphatic rings. The lowest BCUT2D eigenvalue weighted by atomic mass is 10.0. The maximum absolute atomic E-state index is 11.6. The summed E-state index contributed by atoms with van der Waals surface area (Å²) in [7, 11) is 1.62. The Labute approximate surface area is 125 Å². The van der Waals surface area contributed by atoms with Crippen molar-refractivity contribution in [2.45, 2.75) is 19.6 Å². The van der Waals surface area contributed by atoms with Crippen molar-refractivity contribution in [2.24, 2.45) is 11.7 Å². The number of carbonyl (C=O) groups is 1. The van der Waals surface area contributed by atoms with E-state index in [1.807, 2.05) is 24.3 Å². The predicted octanol–water partition coefficient (Wildman–Crippen LogP) is 1.90. The Balaban J connectivity index is 2.44. The zero-order valence-corrected chi connectivity index (χ0v) is 12.6. The van der Waals surface area contributed by atoms with Crippen molar-refractivity contribution < 1.29 is 19.0 Å². The second-order valence-electron chi connectivity index (χ2n) is 4.54. The first-order valence-corrected chi connectivity index (χ1v) is 6.87. The Morgan fingerprint density at radius 1 is 1.38 bits per heavy atom. The molecular weight excluding hydrogens is 270 g/mol. The largest absolute Gasteiger partial charge is 0.497 e. The van der Waals surface area contributed by atoms with Gasteiger partial charge >= 0.3 is 5.97 Å². The summed E-state index contributed by atoms with van der Waals surface area (Å²) in [6, 6.07) is 6.83. The molecule has 1 rings (SSSR count). The minimum Gasteiger partial charge on any atom is -0.497 e. The van der Waals surface area contributed by atoms with Gasteiger partial charge in [0.25, 0.3) is 0 Å². The quantitative estimate of drug-likeness (QED) is 0.556. The van der Waals surface area contributed by atoms with Crippen LogP contribution in [0.3, 0.4) is 0 Å². The summed E-state index contributed by atoms with van der Waals surface area (Å²) in [5.41, 5.74) is 6.85. The molecule has 0 heterocycles. The van der Waals surface area contributed by atoms with Gasteiger partial charge in [0.15, 0.2) is 0 Å². The standard InChI is InChI=1S/C16H23NO4/c1-4-13(15(17)16(18)21-5-2)11-20-10-12-6-8-14(19-3)9-7-12/h4,6-9,13,15H,1,5,10-11,17H2,2-3H3/t13-,15+/m1/s1. The van der Waals surface area contributed by atoms with Crippen molar-refractivity contribution in [1.82, 2.24) is 0 Å². The van der Waals surface area contributed by atoms with E-state index in [-0.39, 0.29) is 5.92 Å². The molecular formula is C16H23NO4. The normalized spacial score (nSPS) is 13.3. The third kappa shape index (κ3) is 5.57. The molecule has 2 atom stereocenters. The molecule has 0 bridgehead atoms. The molecule has 0 fully saturated rings. The van der Waals surface area contributed by atoms with Crippen LogP contribution in [0.2, 0.25) is 0 Å². The van der Waals surface area contributed by atoms with Gasteiger partial charge in [-0.15, -0.1) is 6.58 Å². The molecule has 0 unspecified atom stereocenters. The highest BCUT2D eigenvalue weighted by molar-refractivity contribution is 5.76. The van der Waals surface area contributed by atoms with Crippen molar-refractivity contribution in [3.8, 4) is 5.75 Å². The molecule has 2 N–H and O–H groups in total. The molecule has 0 saturated heterocycles. The number of hydrogen-bond donors (Lipinski definition) is 1. The number of esters is 1. The van der Waals surface area contributed by atoms with E-state index in [1.165, 1.54) is 0 Å². The number of methoxy groups -OCH3 is 1. The van der Waals surface area contributed by atoms with Crippen LogP contribution in [0, 0.1) is 5.92 Å². The molecule has 21 heavy (non-hydrogen) atoms. The Kier molecular flexibility index (Phi) is 7.50. The van der Waals surface area contributed by atoms with E-state index in [2.05, 4.69) is 6.58 Å². The lowest BCUT2D eigenvalue weighted by molar-refractivity contribution is -0.146. The van der Waals surface area contributed by atoms with Gasteiger partial charge in [-0.3, -0.25) is 4.79 Å². The topological polar surface area (TPSA) is 70.8 Å². The zero-order valence-electron chi connectivity index (χ0n) is 12.6. The summed E-state index contributed by atoms with van der Waals surface area (Å²) in [5.74, 6) is 0.0878. The highest BCUT2D eigenvalue weighted by Crippen LogP contribution is 2.13. The van der Waals surface area contributed by atoms with Crippen molar-refractivity contribution in [3.05, 3.63) is 42.5 Å². The highest BCUT2D eigenvalue weighted by Gasteiger charge is 2.23. The Bertz CT molecular complexity index is 444. The van der Waals surface area contributed by atoms with E-state index in [4.69, 9.17) is 19.9 Å². The molecule has 116 valence electrons. The average molecular weight is 293 g/mol. The summed E-state index contributed by atoms with van der Waals surface area (Å²) in [4.78, 5) is 11.6. The predicted molar refractivity (Wildman–Crippen MR) is 80.9 cm³/mol. The fourth-order valence-electron chi connectivity index (χ4n) is 1.77. The van der Waals surface area contributed by atoms with Gasteiger partial charge in [-0.25, -0.2) is 0 Å². The molecule has 1 aromatic rings. The third-order valence-corrected chi connectivity index (χ3v) is 3.06. The molecule has 1 aromatic carbocycles. The number of carbonyl (C=O) groups excluding carboxylic acids is 1. The van der Waals surface area contributed by atoms with Gasteiger partial charge in [0.1, 0.15) is 11.8 Å². The smallest absolute Gasteiger partial charge is 0.323 e. The molecule has 0 saturated carbocycles. The van der Waals surface area contributed by atoms with E-state index in [1.54, 1.807) is 20.1 Å². The van der Waals surface area contributed by atoms with Gasteiger partial charge in [-0.1, -0.05) is 18.2 Å². The zero-order chi connectivity index (χ0) is 15.7. The summed E-state index contributed by atoms with van der Waals surface area (Å²) in [5, 5.41) is 0. The minimum absolute atomic E-state index is 0.276. The molecule has 0 aromatic heterocycles. The van der Waals surface area contributed by atoms with Gasteiger partial charge in [0.2, 0.25) is 0 Å². The van der Waals surface area contributed by atoms with E-state index in [9.17, 15) is 4.79 Å². The van der Waals surface area contributed by atoms with Gasteiger partial charge in [0, 0.05) is 5.92 Å². The second-order valence-corrected chi connectivity index (χ2v) is 4.54. The lowest BCUT2D eigenvalue weighted by Gasteiger charge is -2.19. The first-order chi connectivity index (χ1) is 10.1. The van der Waals surface area contributed by atoms with Crippen molar-refractivity contribution in [3.63, 3.8) is 0 Å². The van der Waals surface area contributed by atoms with Crippen LogP contribution in [-0.2, 0) is 20.9 Å². The molecule has 0 aliphatic heterocycles. The van der Waals surface area contributed by atoms with Crippen LogP contribution < -0.4 is 10.5 Å². The molecule has 0 amide bonds. The summed E-state index contributed by atoms with van der Waals surface area (Å²) in [6.07, 6.45) is 1.62. The third-order valence-electron chi connectivity index (χ3n) is 3.06. The van der Waals surface area contributed by atoms with Gasteiger partial charge < -0.3 is 19.9 Å². The number of rotatable bonds is 9. The van der Waals surface area contributed by atoms with Gasteiger partial charge in [-0.2, -0.15) is 0 Å². The maximum Gasteiger partial charge on any atom is 0.323 e. The van der Waals surface area contributed by atoms with Crippen molar-refractivity contribution in [2.75, 3.05) is 20.3 Å². The fraction of sp³-hybridized carbons (Fsp3) is 0.438. The first kappa shape index (κ1) is 17.2. The van der Waals surface area contributed by atoms with Crippen LogP contribution in [0.15, 0.2) is 36.9 Å². The van der Waals surface area contributed by atoms with Crippen LogP contribution in [0.4, 0.5) is 0 Å². The molecule has 0 radical (unpaired) electrons. The molecule has 0 spiro atoms. The van der Waals surface area contributed by atoms with E-state index >= 15 is 0 Å². The van der Waals surface area contributed by atoms with Crippen LogP contribution >= 0.6 is 0 Å². The van der Waals surface area contributed by atoms with Crippen LogP contribution in [0.5, 0.6) is 5.75 Å². The Morgan fingerprint density at radius 2 is 2.05 bits per heavy atom. The van der Waals surface area contributed by atoms with Crippen LogP contribution in [-0.4, -0.2) is 32.3 Å². The Hall–Kier alpha value is -1.85. The van der Waals surface area contributed by atoms with Crippen LogP contribution in [0.1, 0.15) is 12.5 Å². The highest BCUT2D eigenvalue weighted by atomic mass is 16.5. The van der Waals surface area contributed by atoms with E-state index in [0.29, 0.717) is 19.8 Å². The summed E-state index contributed by atoms with van der Waals surface area (Å²) < 4.78 is 15.6. The van der Waals surface area contributed by atoms with Crippen LogP contribution in [0.25, 0.3) is 0 Å². The summed E-state index contributed by atoms with van der Waals surface area (Å²) in [6.45, 7) is 6.49. The van der Waals surface area contributed by atoms with Gasteiger partial charge in [0.05, 0.1) is 26.9 Å².